The lowest BCUT2D eigenvalue weighted by molar-refractivity contribution is 0.0985. The van der Waals surface area contributed by atoms with Gasteiger partial charge in [-0.05, 0) is 18.2 Å². The van der Waals surface area contributed by atoms with Gasteiger partial charge in [0.2, 0.25) is 6.79 Å². The van der Waals surface area contributed by atoms with Crippen LogP contribution in [0, 0.1) is 0 Å². The first-order valence-electron chi connectivity index (χ1n) is 5.71. The number of benzene rings is 1. The number of ketones is 1. The first-order valence-corrected chi connectivity index (χ1v) is 5.71. The van der Waals surface area contributed by atoms with Gasteiger partial charge in [-0.3, -0.25) is 4.79 Å². The Morgan fingerprint density at radius 1 is 1.22 bits per heavy atom. The summed E-state index contributed by atoms with van der Waals surface area (Å²) in [5.74, 6) is 2.57. The zero-order valence-electron chi connectivity index (χ0n) is 9.93. The Morgan fingerprint density at radius 2 is 2.11 bits per heavy atom. The van der Waals surface area contributed by atoms with Gasteiger partial charge in [0.05, 0.1) is 0 Å². The molecule has 0 saturated carbocycles. The van der Waals surface area contributed by atoms with E-state index in [1.165, 1.54) is 6.92 Å². The molecule has 0 fully saturated rings. The summed E-state index contributed by atoms with van der Waals surface area (Å²) in [4.78, 5) is 11.2. The van der Waals surface area contributed by atoms with E-state index in [0.717, 1.165) is 22.8 Å². The highest BCUT2D eigenvalue weighted by Gasteiger charge is 2.18. The lowest BCUT2D eigenvalue weighted by atomic mass is 10.1. The minimum absolute atomic E-state index is 0.0703. The summed E-state index contributed by atoms with van der Waals surface area (Å²) in [5.41, 5.74) is 0.995. The summed E-state index contributed by atoms with van der Waals surface area (Å²) in [5, 5.41) is 0. The lowest BCUT2D eigenvalue weighted by Crippen LogP contribution is -1.95. The van der Waals surface area contributed by atoms with Crippen LogP contribution in [0.2, 0.25) is 0 Å². The van der Waals surface area contributed by atoms with E-state index >= 15 is 0 Å². The van der Waals surface area contributed by atoms with Crippen molar-refractivity contribution < 1.29 is 18.7 Å². The van der Waals surface area contributed by atoms with Crippen LogP contribution in [-0.2, 0) is 6.42 Å². The zero-order chi connectivity index (χ0) is 12.5. The molecule has 2 aromatic rings. The third kappa shape index (κ3) is 1.86. The van der Waals surface area contributed by atoms with Crippen LogP contribution in [0.5, 0.6) is 11.5 Å². The Hall–Kier alpha value is -2.23. The van der Waals surface area contributed by atoms with Gasteiger partial charge in [-0.15, -0.1) is 0 Å². The Morgan fingerprint density at radius 3 is 2.89 bits per heavy atom. The lowest BCUT2D eigenvalue weighted by Gasteiger charge is -2.03. The number of hydrogen-bond acceptors (Lipinski definition) is 4. The van der Waals surface area contributed by atoms with Crippen molar-refractivity contribution in [2.45, 2.75) is 13.3 Å². The third-order valence-electron chi connectivity index (χ3n) is 2.85. The van der Waals surface area contributed by atoms with Gasteiger partial charge in [0.15, 0.2) is 23.0 Å². The van der Waals surface area contributed by atoms with Gasteiger partial charge < -0.3 is 13.9 Å². The van der Waals surface area contributed by atoms with Crippen molar-refractivity contribution in [3.05, 3.63) is 47.4 Å². The Balaban J connectivity index is 1.88. The van der Waals surface area contributed by atoms with Crippen LogP contribution in [0.15, 0.2) is 34.7 Å². The quantitative estimate of drug-likeness (QED) is 0.779. The van der Waals surface area contributed by atoms with Gasteiger partial charge in [0.25, 0.3) is 0 Å². The Kier molecular flexibility index (Phi) is 2.55. The highest BCUT2D eigenvalue weighted by Crippen LogP contribution is 2.36. The predicted molar refractivity (Wildman–Crippen MR) is 64.1 cm³/mol. The summed E-state index contributed by atoms with van der Waals surface area (Å²) in [6.45, 7) is 1.74. The predicted octanol–water partition coefficient (Wildman–Crippen LogP) is 2.80. The first kappa shape index (κ1) is 10.9. The minimum atomic E-state index is -0.0703. The first-order chi connectivity index (χ1) is 8.74. The molecule has 92 valence electrons. The summed E-state index contributed by atoms with van der Waals surface area (Å²) in [7, 11) is 0. The monoisotopic (exact) mass is 244 g/mol. The third-order valence-corrected chi connectivity index (χ3v) is 2.85. The van der Waals surface area contributed by atoms with Crippen LogP contribution in [0.3, 0.4) is 0 Å². The molecule has 1 aromatic carbocycles. The van der Waals surface area contributed by atoms with Crippen molar-refractivity contribution in [3.8, 4) is 11.5 Å². The molecule has 2 heterocycles. The second kappa shape index (κ2) is 4.22. The van der Waals surface area contributed by atoms with Gasteiger partial charge in [-0.25, -0.2) is 0 Å². The molecule has 0 atom stereocenters. The zero-order valence-corrected chi connectivity index (χ0v) is 9.93. The van der Waals surface area contributed by atoms with E-state index in [-0.39, 0.29) is 12.6 Å². The van der Waals surface area contributed by atoms with Gasteiger partial charge in [0, 0.05) is 18.9 Å². The number of hydrogen-bond donors (Lipinski definition) is 0. The number of carbonyl (C=O) groups is 1. The van der Waals surface area contributed by atoms with Crippen molar-refractivity contribution in [1.29, 1.82) is 0 Å². The van der Waals surface area contributed by atoms with Gasteiger partial charge >= 0.3 is 0 Å². The number of para-hydroxylation sites is 1. The summed E-state index contributed by atoms with van der Waals surface area (Å²) in [6.07, 6.45) is 0.583. The molecule has 0 bridgehead atoms. The standard InChI is InChI=1S/C14H12O4/c1-9(15)12-6-5-11(18-12)7-10-3-2-4-13-14(10)17-8-16-13/h2-6H,7-8H2,1H3. The molecular formula is C14H12O4. The molecule has 1 aliphatic rings. The van der Waals surface area contributed by atoms with Crippen molar-refractivity contribution in [2.75, 3.05) is 6.79 Å². The molecule has 4 nitrogen and oxygen atoms in total. The molecule has 0 radical (unpaired) electrons. The van der Waals surface area contributed by atoms with Gasteiger partial charge in [0.1, 0.15) is 5.76 Å². The Labute approximate surface area is 104 Å². The molecule has 0 unspecified atom stereocenters. The maximum atomic E-state index is 11.2. The fraction of sp³-hybridized carbons (Fsp3) is 0.214. The van der Waals surface area contributed by atoms with Crippen molar-refractivity contribution >= 4 is 5.78 Å². The number of Topliss-reactive ketones (excluding diaryl/α,β-unsaturated/α-hetero) is 1. The number of ether oxygens (including phenoxy) is 2. The number of rotatable bonds is 3. The normalized spacial score (nSPS) is 12.7. The fourth-order valence-corrected chi connectivity index (χ4v) is 1.98. The molecule has 0 aliphatic carbocycles. The molecule has 18 heavy (non-hydrogen) atoms. The Bertz CT molecular complexity index is 598. The summed E-state index contributed by atoms with van der Waals surface area (Å²) in [6, 6.07) is 9.25. The number of carbonyl (C=O) groups excluding carboxylic acids is 1. The molecule has 0 amide bonds. The number of furan rings is 1. The highest BCUT2D eigenvalue weighted by atomic mass is 16.7. The second-order valence-electron chi connectivity index (χ2n) is 4.15. The van der Waals surface area contributed by atoms with Crippen LogP contribution in [0.1, 0.15) is 28.8 Å². The van der Waals surface area contributed by atoms with Crippen molar-refractivity contribution in [2.24, 2.45) is 0 Å². The van der Waals surface area contributed by atoms with Gasteiger partial charge in [-0.1, -0.05) is 12.1 Å². The van der Waals surface area contributed by atoms with E-state index < -0.39 is 0 Å². The number of fused-ring (bicyclic) bond motifs is 1. The SMILES string of the molecule is CC(=O)c1ccc(Cc2cccc3c2OCO3)o1. The summed E-state index contributed by atoms with van der Waals surface area (Å²) < 4.78 is 16.2. The van der Waals surface area contributed by atoms with E-state index in [1.54, 1.807) is 6.07 Å². The molecular weight excluding hydrogens is 232 g/mol. The maximum absolute atomic E-state index is 11.2. The van der Waals surface area contributed by atoms with Crippen LogP contribution in [0.25, 0.3) is 0 Å². The second-order valence-corrected chi connectivity index (χ2v) is 4.15. The summed E-state index contributed by atoms with van der Waals surface area (Å²) >= 11 is 0. The van der Waals surface area contributed by atoms with Crippen LogP contribution in [-0.4, -0.2) is 12.6 Å². The van der Waals surface area contributed by atoms with Crippen LogP contribution in [0.4, 0.5) is 0 Å². The van der Waals surface area contributed by atoms with E-state index in [1.807, 2.05) is 24.3 Å². The fourth-order valence-electron chi connectivity index (χ4n) is 1.98. The average molecular weight is 244 g/mol. The minimum Gasteiger partial charge on any atom is -0.458 e. The van der Waals surface area contributed by atoms with E-state index in [4.69, 9.17) is 13.9 Å². The van der Waals surface area contributed by atoms with Gasteiger partial charge in [-0.2, -0.15) is 0 Å². The highest BCUT2D eigenvalue weighted by molar-refractivity contribution is 5.91. The molecule has 4 heteroatoms. The van der Waals surface area contributed by atoms with Crippen LogP contribution < -0.4 is 9.47 Å². The maximum Gasteiger partial charge on any atom is 0.231 e. The van der Waals surface area contributed by atoms with E-state index in [0.29, 0.717) is 12.2 Å². The topological polar surface area (TPSA) is 48.7 Å². The molecule has 1 aliphatic heterocycles. The van der Waals surface area contributed by atoms with E-state index in [9.17, 15) is 4.79 Å². The average Bonchev–Trinajstić information content (AvgIpc) is 2.97. The van der Waals surface area contributed by atoms with Crippen molar-refractivity contribution in [1.82, 2.24) is 0 Å². The molecule has 0 saturated heterocycles. The largest absolute Gasteiger partial charge is 0.458 e. The molecule has 3 rings (SSSR count). The molecule has 1 aromatic heterocycles. The molecule has 0 N–H and O–H groups in total. The van der Waals surface area contributed by atoms with E-state index in [2.05, 4.69) is 0 Å². The smallest absolute Gasteiger partial charge is 0.231 e. The van der Waals surface area contributed by atoms with Crippen LogP contribution >= 0.6 is 0 Å². The molecule has 0 spiro atoms. The van der Waals surface area contributed by atoms with Crippen molar-refractivity contribution in [3.63, 3.8) is 0 Å².